The summed E-state index contributed by atoms with van der Waals surface area (Å²) in [6.45, 7) is 2.74. The molecule has 1 heterocycles. The number of rotatable bonds is 4. The monoisotopic (exact) mass is 438 g/mol. The highest BCUT2D eigenvalue weighted by molar-refractivity contribution is 14.1. The number of halogens is 3. The summed E-state index contributed by atoms with van der Waals surface area (Å²) < 4.78 is 3.29. The van der Waals surface area contributed by atoms with E-state index in [2.05, 4.69) is 0 Å². The van der Waals surface area contributed by atoms with Crippen molar-refractivity contribution in [3.05, 3.63) is 64.4 Å². The van der Waals surface area contributed by atoms with Crippen LogP contribution < -0.4 is 11.2 Å². The molecule has 21 heavy (non-hydrogen) atoms. The van der Waals surface area contributed by atoms with Gasteiger partial charge in [-0.05, 0) is 46.7 Å². The average Bonchev–Trinajstić information content (AvgIpc) is 2.45. The highest BCUT2D eigenvalue weighted by Crippen LogP contribution is 2.22. The molecule has 0 atom stereocenters. The van der Waals surface area contributed by atoms with E-state index in [4.69, 9.17) is 23.2 Å². The molecular weight excluding hydrogens is 426 g/mol. The first-order valence-corrected chi connectivity index (χ1v) is 8.21. The molecule has 7 heteroatoms. The topological polar surface area (TPSA) is 44.0 Å². The third-order valence-electron chi connectivity index (χ3n) is 2.98. The summed E-state index contributed by atoms with van der Waals surface area (Å²) >= 11 is 13.8. The molecule has 0 aliphatic rings. The zero-order valence-corrected chi connectivity index (χ0v) is 14.9. The Bertz CT molecular complexity index is 784. The molecule has 4 nitrogen and oxygen atoms in total. The second kappa shape index (κ2) is 6.98. The van der Waals surface area contributed by atoms with E-state index in [0.29, 0.717) is 20.2 Å². The first-order valence-electron chi connectivity index (χ1n) is 6.37. The first kappa shape index (κ1) is 16.6. The minimum absolute atomic E-state index is 0.176. The fraction of sp³-hybridized carbons (Fsp3) is 0.286. The number of aromatic nitrogens is 2. The average molecular weight is 439 g/mol. The van der Waals surface area contributed by atoms with Crippen molar-refractivity contribution in [2.75, 3.05) is 0 Å². The van der Waals surface area contributed by atoms with Crippen LogP contribution in [0.25, 0.3) is 0 Å². The summed E-state index contributed by atoms with van der Waals surface area (Å²) in [5, 5.41) is 0.848. The molecule has 0 unspecified atom stereocenters. The molecule has 112 valence electrons. The van der Waals surface area contributed by atoms with Crippen molar-refractivity contribution >= 4 is 45.8 Å². The van der Waals surface area contributed by atoms with Gasteiger partial charge in [0.05, 0.1) is 20.2 Å². The summed E-state index contributed by atoms with van der Waals surface area (Å²) in [4.78, 5) is 24.5. The van der Waals surface area contributed by atoms with Crippen LogP contribution in [0.5, 0.6) is 0 Å². The maximum Gasteiger partial charge on any atom is 0.331 e. The van der Waals surface area contributed by atoms with Gasteiger partial charge in [0.25, 0.3) is 5.56 Å². The lowest BCUT2D eigenvalue weighted by Crippen LogP contribution is -2.41. The Morgan fingerprint density at radius 1 is 1.19 bits per heavy atom. The lowest BCUT2D eigenvalue weighted by atomic mass is 10.2. The largest absolute Gasteiger partial charge is 0.331 e. The van der Waals surface area contributed by atoms with Crippen LogP contribution in [0, 0.1) is 3.57 Å². The summed E-state index contributed by atoms with van der Waals surface area (Å²) in [5.74, 6) is 0. The molecule has 0 fully saturated rings. The van der Waals surface area contributed by atoms with Crippen molar-refractivity contribution in [2.24, 2.45) is 0 Å². The normalized spacial score (nSPS) is 10.9. The van der Waals surface area contributed by atoms with Crippen LogP contribution in [0.1, 0.15) is 18.9 Å². The number of hydrogen-bond acceptors (Lipinski definition) is 2. The van der Waals surface area contributed by atoms with E-state index in [1.165, 1.54) is 4.57 Å². The molecule has 0 radical (unpaired) electrons. The molecule has 0 amide bonds. The Hall–Kier alpha value is -0.790. The lowest BCUT2D eigenvalue weighted by Gasteiger charge is -2.11. The van der Waals surface area contributed by atoms with Gasteiger partial charge in [0.2, 0.25) is 0 Å². The number of benzene rings is 1. The third kappa shape index (κ3) is 3.70. The van der Waals surface area contributed by atoms with E-state index >= 15 is 0 Å². The van der Waals surface area contributed by atoms with Crippen LogP contribution in [-0.4, -0.2) is 9.13 Å². The molecule has 1 aromatic heterocycles. The highest BCUT2D eigenvalue weighted by atomic mass is 127. The van der Waals surface area contributed by atoms with Crippen LogP contribution in [0.2, 0.25) is 10.0 Å². The van der Waals surface area contributed by atoms with E-state index in [-0.39, 0.29) is 17.8 Å². The first-order chi connectivity index (χ1) is 9.93. The van der Waals surface area contributed by atoms with Gasteiger partial charge < -0.3 is 0 Å². The second-order valence-electron chi connectivity index (χ2n) is 4.59. The van der Waals surface area contributed by atoms with E-state index in [1.807, 2.05) is 29.5 Å². The number of hydrogen-bond donors (Lipinski definition) is 0. The molecule has 0 aliphatic heterocycles. The standard InChI is InChI=1S/C14H13Cl2IN2O2/c1-2-5-18-8-12(17)13(20)19(14(18)21)7-9-3-4-10(15)11(16)6-9/h3-4,6,8H,2,5,7H2,1H3. The van der Waals surface area contributed by atoms with Crippen molar-refractivity contribution < 1.29 is 0 Å². The molecule has 0 saturated carbocycles. The van der Waals surface area contributed by atoms with E-state index in [1.54, 1.807) is 29.0 Å². The van der Waals surface area contributed by atoms with Crippen molar-refractivity contribution in [3.63, 3.8) is 0 Å². The SMILES string of the molecule is CCCn1cc(I)c(=O)n(Cc2ccc(Cl)c(Cl)c2)c1=O. The van der Waals surface area contributed by atoms with Crippen molar-refractivity contribution in [1.29, 1.82) is 0 Å². The fourth-order valence-corrected chi connectivity index (χ4v) is 2.93. The number of nitrogens with zero attached hydrogens (tertiary/aromatic N) is 2. The third-order valence-corrected chi connectivity index (χ3v) is 4.46. The minimum Gasteiger partial charge on any atom is -0.299 e. The summed E-state index contributed by atoms with van der Waals surface area (Å²) in [6, 6.07) is 5.08. The van der Waals surface area contributed by atoms with Gasteiger partial charge in [-0.2, -0.15) is 0 Å². The zero-order valence-electron chi connectivity index (χ0n) is 11.3. The van der Waals surface area contributed by atoms with Crippen LogP contribution in [0.15, 0.2) is 34.0 Å². The van der Waals surface area contributed by atoms with Crippen LogP contribution in [0.3, 0.4) is 0 Å². The van der Waals surface area contributed by atoms with Crippen LogP contribution in [-0.2, 0) is 13.1 Å². The fourth-order valence-electron chi connectivity index (χ4n) is 1.98. The molecule has 0 N–H and O–H groups in total. The van der Waals surface area contributed by atoms with E-state index in [0.717, 1.165) is 12.0 Å². The van der Waals surface area contributed by atoms with E-state index in [9.17, 15) is 9.59 Å². The van der Waals surface area contributed by atoms with Gasteiger partial charge in [-0.1, -0.05) is 36.2 Å². The van der Waals surface area contributed by atoms with Crippen molar-refractivity contribution in [1.82, 2.24) is 9.13 Å². The Morgan fingerprint density at radius 2 is 1.90 bits per heavy atom. The van der Waals surface area contributed by atoms with Crippen molar-refractivity contribution in [2.45, 2.75) is 26.4 Å². The smallest absolute Gasteiger partial charge is 0.299 e. The molecule has 2 rings (SSSR count). The summed E-state index contributed by atoms with van der Waals surface area (Å²) in [5.41, 5.74) is 0.154. The Labute approximate surface area is 145 Å². The Kier molecular flexibility index (Phi) is 5.51. The maximum absolute atomic E-state index is 12.4. The predicted molar refractivity (Wildman–Crippen MR) is 93.5 cm³/mol. The van der Waals surface area contributed by atoms with Gasteiger partial charge in [-0.15, -0.1) is 0 Å². The van der Waals surface area contributed by atoms with Crippen LogP contribution in [0.4, 0.5) is 0 Å². The Morgan fingerprint density at radius 3 is 2.52 bits per heavy atom. The summed E-state index contributed by atoms with van der Waals surface area (Å²) in [6.07, 6.45) is 2.42. The van der Waals surface area contributed by atoms with Crippen molar-refractivity contribution in [3.8, 4) is 0 Å². The molecular formula is C14H13Cl2IN2O2. The lowest BCUT2D eigenvalue weighted by molar-refractivity contribution is 0.566. The van der Waals surface area contributed by atoms with Gasteiger partial charge in [0, 0.05) is 12.7 Å². The molecule has 0 spiro atoms. The minimum atomic E-state index is -0.312. The molecule has 2 aromatic rings. The molecule has 0 saturated heterocycles. The van der Waals surface area contributed by atoms with Gasteiger partial charge >= 0.3 is 5.69 Å². The van der Waals surface area contributed by atoms with Crippen LogP contribution >= 0.6 is 45.8 Å². The van der Waals surface area contributed by atoms with Gasteiger partial charge in [-0.3, -0.25) is 13.9 Å². The quantitative estimate of drug-likeness (QED) is 0.687. The van der Waals surface area contributed by atoms with Gasteiger partial charge in [0.1, 0.15) is 0 Å². The molecule has 0 aliphatic carbocycles. The predicted octanol–water partition coefficient (Wildman–Crippen LogP) is 3.38. The highest BCUT2D eigenvalue weighted by Gasteiger charge is 2.10. The second-order valence-corrected chi connectivity index (χ2v) is 6.57. The molecule has 0 bridgehead atoms. The maximum atomic E-state index is 12.4. The summed E-state index contributed by atoms with van der Waals surface area (Å²) in [7, 11) is 0. The Balaban J connectivity index is 2.50. The van der Waals surface area contributed by atoms with Gasteiger partial charge in [-0.25, -0.2) is 4.79 Å². The molecule has 1 aromatic carbocycles. The van der Waals surface area contributed by atoms with E-state index < -0.39 is 0 Å². The zero-order chi connectivity index (χ0) is 15.6. The van der Waals surface area contributed by atoms with Gasteiger partial charge in [0.15, 0.2) is 0 Å². The number of aryl methyl sites for hydroxylation is 1.